The third-order valence-electron chi connectivity index (χ3n) is 5.43. The summed E-state index contributed by atoms with van der Waals surface area (Å²) in [4.78, 5) is 33.9. The number of aromatic nitrogens is 7. The Labute approximate surface area is 178 Å². The van der Waals surface area contributed by atoms with E-state index in [4.69, 9.17) is 4.98 Å². The predicted octanol–water partition coefficient (Wildman–Crippen LogP) is 1.60. The standard InChI is InChI=1S/C20H16N8O2S/c1-27-16-13(17-19(27)25-15(31-17)7-11-4-5-21-26-11)8-22-28(20(16)30)9-12-3-2-10-6-14(29)24-18(10)23-12/h2-5,8H,6-7,9H2,1H3,(H,21,26)(H,23,24,29). The Balaban J connectivity index is 1.38. The molecule has 1 aliphatic heterocycles. The van der Waals surface area contributed by atoms with Crippen molar-refractivity contribution in [1.82, 2.24) is 34.5 Å². The third kappa shape index (κ3) is 2.85. The van der Waals surface area contributed by atoms with Crippen LogP contribution in [-0.2, 0) is 31.2 Å². The van der Waals surface area contributed by atoms with Gasteiger partial charge in [-0.3, -0.25) is 14.7 Å². The number of aryl methyl sites for hydroxylation is 1. The fraction of sp³-hybridized carbons (Fsp3) is 0.200. The zero-order chi connectivity index (χ0) is 21.1. The van der Waals surface area contributed by atoms with Gasteiger partial charge in [-0.25, -0.2) is 14.6 Å². The van der Waals surface area contributed by atoms with E-state index in [-0.39, 0.29) is 18.0 Å². The van der Waals surface area contributed by atoms with E-state index in [0.717, 1.165) is 32.0 Å². The Hall–Kier alpha value is -3.86. The number of aromatic amines is 1. The Morgan fingerprint density at radius 1 is 1.19 bits per heavy atom. The minimum Gasteiger partial charge on any atom is -0.323 e. The van der Waals surface area contributed by atoms with E-state index in [1.54, 1.807) is 23.7 Å². The second-order valence-electron chi connectivity index (χ2n) is 7.48. The van der Waals surface area contributed by atoms with Gasteiger partial charge in [0.2, 0.25) is 5.91 Å². The first kappa shape index (κ1) is 18.0. The molecule has 6 heterocycles. The summed E-state index contributed by atoms with van der Waals surface area (Å²) >= 11 is 1.56. The second-order valence-corrected chi connectivity index (χ2v) is 8.57. The van der Waals surface area contributed by atoms with Gasteiger partial charge >= 0.3 is 0 Å². The van der Waals surface area contributed by atoms with Gasteiger partial charge < -0.3 is 9.88 Å². The number of hydrogen-bond acceptors (Lipinski definition) is 7. The Bertz CT molecular complexity index is 1540. The monoisotopic (exact) mass is 432 g/mol. The number of carbonyl (C=O) groups excluding carboxylic acids is 1. The number of H-pyrrole nitrogens is 1. The van der Waals surface area contributed by atoms with Crippen molar-refractivity contribution < 1.29 is 4.79 Å². The average molecular weight is 432 g/mol. The largest absolute Gasteiger partial charge is 0.323 e. The van der Waals surface area contributed by atoms with E-state index in [1.807, 2.05) is 29.8 Å². The molecule has 0 fully saturated rings. The molecule has 10 nitrogen and oxygen atoms in total. The maximum atomic E-state index is 13.2. The van der Waals surface area contributed by atoms with Gasteiger partial charge in [-0.1, -0.05) is 6.07 Å². The summed E-state index contributed by atoms with van der Waals surface area (Å²) in [5, 5.41) is 15.8. The van der Waals surface area contributed by atoms with Crippen molar-refractivity contribution in [2.24, 2.45) is 7.05 Å². The average Bonchev–Trinajstić information content (AvgIpc) is 3.51. The molecule has 2 N–H and O–H groups in total. The number of anilines is 1. The molecule has 31 heavy (non-hydrogen) atoms. The van der Waals surface area contributed by atoms with E-state index in [2.05, 4.69) is 25.6 Å². The van der Waals surface area contributed by atoms with Crippen LogP contribution in [0.2, 0.25) is 0 Å². The highest BCUT2D eigenvalue weighted by Crippen LogP contribution is 2.31. The van der Waals surface area contributed by atoms with Gasteiger partial charge in [0, 0.05) is 36.3 Å². The molecule has 1 amide bonds. The highest BCUT2D eigenvalue weighted by molar-refractivity contribution is 7.19. The molecule has 0 bridgehead atoms. The Morgan fingerprint density at radius 3 is 2.94 bits per heavy atom. The number of pyridine rings is 1. The lowest BCUT2D eigenvalue weighted by molar-refractivity contribution is -0.115. The molecule has 0 atom stereocenters. The van der Waals surface area contributed by atoms with Gasteiger partial charge in [-0.15, -0.1) is 11.3 Å². The summed E-state index contributed by atoms with van der Waals surface area (Å²) in [5.41, 5.74) is 3.64. The van der Waals surface area contributed by atoms with Crippen molar-refractivity contribution in [3.05, 3.63) is 62.9 Å². The molecular weight excluding hydrogens is 416 g/mol. The van der Waals surface area contributed by atoms with E-state index < -0.39 is 0 Å². The quantitative estimate of drug-likeness (QED) is 0.445. The number of thiazole rings is 1. The molecule has 1 aliphatic rings. The van der Waals surface area contributed by atoms with Gasteiger partial charge in [0.1, 0.15) is 16.3 Å². The molecule has 11 heteroatoms. The lowest BCUT2D eigenvalue weighted by Gasteiger charge is -2.07. The summed E-state index contributed by atoms with van der Waals surface area (Å²) in [7, 11) is 1.85. The fourth-order valence-electron chi connectivity index (χ4n) is 3.94. The number of amides is 1. The van der Waals surface area contributed by atoms with Gasteiger partial charge in [-0.05, 0) is 12.1 Å². The summed E-state index contributed by atoms with van der Waals surface area (Å²) in [6.07, 6.45) is 4.43. The molecule has 6 rings (SSSR count). The Morgan fingerprint density at radius 2 is 2.10 bits per heavy atom. The van der Waals surface area contributed by atoms with Crippen molar-refractivity contribution >= 4 is 44.3 Å². The minimum atomic E-state index is -0.202. The summed E-state index contributed by atoms with van der Waals surface area (Å²) in [6.45, 7) is 0.218. The molecule has 0 aliphatic carbocycles. The summed E-state index contributed by atoms with van der Waals surface area (Å²) < 4.78 is 4.17. The van der Waals surface area contributed by atoms with Crippen LogP contribution in [0.3, 0.4) is 0 Å². The first-order valence-electron chi connectivity index (χ1n) is 9.67. The van der Waals surface area contributed by atoms with E-state index in [9.17, 15) is 9.59 Å². The zero-order valence-electron chi connectivity index (χ0n) is 16.4. The van der Waals surface area contributed by atoms with Crippen LogP contribution in [0.5, 0.6) is 0 Å². The van der Waals surface area contributed by atoms with Crippen LogP contribution < -0.4 is 10.9 Å². The van der Waals surface area contributed by atoms with Crippen LogP contribution in [0.25, 0.3) is 21.3 Å². The predicted molar refractivity (Wildman–Crippen MR) is 115 cm³/mol. The first-order chi connectivity index (χ1) is 15.1. The molecular formula is C20H16N8O2S. The minimum absolute atomic E-state index is 0.0698. The number of carbonyl (C=O) groups is 1. The van der Waals surface area contributed by atoms with Crippen molar-refractivity contribution in [3.8, 4) is 0 Å². The van der Waals surface area contributed by atoms with Gasteiger partial charge in [0.15, 0.2) is 5.65 Å². The molecule has 0 spiro atoms. The molecule has 5 aromatic rings. The molecule has 0 aromatic carbocycles. The lowest BCUT2D eigenvalue weighted by atomic mass is 10.2. The summed E-state index contributed by atoms with van der Waals surface area (Å²) in [5.74, 6) is 0.490. The van der Waals surface area contributed by atoms with E-state index in [0.29, 0.717) is 29.9 Å². The van der Waals surface area contributed by atoms with E-state index >= 15 is 0 Å². The highest BCUT2D eigenvalue weighted by atomic mass is 32.1. The molecule has 0 saturated heterocycles. The van der Waals surface area contributed by atoms with Crippen LogP contribution in [-0.4, -0.2) is 40.4 Å². The van der Waals surface area contributed by atoms with Crippen LogP contribution in [0.4, 0.5) is 5.82 Å². The maximum absolute atomic E-state index is 13.2. The van der Waals surface area contributed by atoms with Gasteiger partial charge in [0.25, 0.3) is 5.56 Å². The van der Waals surface area contributed by atoms with Gasteiger partial charge in [-0.2, -0.15) is 10.2 Å². The second kappa shape index (κ2) is 6.57. The highest BCUT2D eigenvalue weighted by Gasteiger charge is 2.21. The third-order valence-corrected chi connectivity index (χ3v) is 6.50. The number of hydrogen-bond donors (Lipinski definition) is 2. The molecule has 0 radical (unpaired) electrons. The number of rotatable bonds is 4. The topological polar surface area (TPSA) is 123 Å². The number of fused-ring (bicyclic) bond motifs is 4. The van der Waals surface area contributed by atoms with Crippen molar-refractivity contribution in [1.29, 1.82) is 0 Å². The number of nitrogens with one attached hydrogen (secondary N) is 2. The Kier molecular flexibility index (Phi) is 3.81. The maximum Gasteiger partial charge on any atom is 0.291 e. The van der Waals surface area contributed by atoms with Gasteiger partial charge in [0.05, 0.1) is 29.6 Å². The van der Waals surface area contributed by atoms with Crippen molar-refractivity contribution in [2.75, 3.05) is 5.32 Å². The number of nitrogens with zero attached hydrogens (tertiary/aromatic N) is 6. The SMILES string of the molecule is Cn1c2nc(Cc3ccn[nH]3)sc2c2cnn(Cc3ccc4c(n3)NC(=O)C4)c(=O)c21. The normalized spacial score (nSPS) is 13.3. The molecule has 154 valence electrons. The fourth-order valence-corrected chi connectivity index (χ4v) is 5.07. The molecule has 5 aromatic heterocycles. The molecule has 0 saturated carbocycles. The van der Waals surface area contributed by atoms with Crippen LogP contribution in [0, 0.1) is 0 Å². The van der Waals surface area contributed by atoms with Crippen molar-refractivity contribution in [3.63, 3.8) is 0 Å². The van der Waals surface area contributed by atoms with Crippen LogP contribution in [0.1, 0.15) is 22.0 Å². The van der Waals surface area contributed by atoms with E-state index in [1.165, 1.54) is 4.68 Å². The van der Waals surface area contributed by atoms with Crippen molar-refractivity contribution in [2.45, 2.75) is 19.4 Å². The first-order valence-corrected chi connectivity index (χ1v) is 10.5. The molecule has 0 unspecified atom stereocenters. The zero-order valence-corrected chi connectivity index (χ0v) is 17.2. The van der Waals surface area contributed by atoms with Crippen LogP contribution in [0.15, 0.2) is 35.4 Å². The smallest absolute Gasteiger partial charge is 0.291 e. The van der Waals surface area contributed by atoms with Crippen LogP contribution >= 0.6 is 11.3 Å². The summed E-state index contributed by atoms with van der Waals surface area (Å²) in [6, 6.07) is 5.61. The lowest BCUT2D eigenvalue weighted by Crippen LogP contribution is -2.25.